The number of aryl methyl sites for hydroxylation is 4. The van der Waals surface area contributed by atoms with E-state index in [2.05, 4.69) is 39.8 Å². The van der Waals surface area contributed by atoms with E-state index in [0.29, 0.717) is 0 Å². The quantitative estimate of drug-likeness (QED) is 0.785. The first-order chi connectivity index (χ1) is 7.06. The number of rotatable bonds is 2. The van der Waals surface area contributed by atoms with Gasteiger partial charge in [-0.2, -0.15) is 0 Å². The second kappa shape index (κ2) is 4.74. The van der Waals surface area contributed by atoms with Crippen LogP contribution < -0.4 is 6.64 Å². The van der Waals surface area contributed by atoms with E-state index in [1.165, 1.54) is 0 Å². The molecule has 0 radical (unpaired) electrons. The maximum atomic E-state index is 2.46. The molecule has 0 nitrogen and oxygen atoms in total. The zero-order chi connectivity index (χ0) is 11.0. The van der Waals surface area contributed by atoms with Crippen LogP contribution in [0.5, 0.6) is 0 Å². The van der Waals surface area contributed by atoms with E-state index >= 15 is 0 Å². The molecule has 0 aliphatic heterocycles. The Morgan fingerprint density at radius 2 is 1.27 bits per heavy atom. The number of hydrogen-bond acceptors (Lipinski definition) is 0. The summed E-state index contributed by atoms with van der Waals surface area (Å²) >= 11 is -0.341. The van der Waals surface area contributed by atoms with Gasteiger partial charge in [0, 0.05) is 0 Å². The van der Waals surface area contributed by atoms with Crippen LogP contribution in [0, 0.1) is 27.7 Å². The summed E-state index contributed by atoms with van der Waals surface area (Å²) in [5.74, 6) is 0. The van der Waals surface area contributed by atoms with Crippen molar-refractivity contribution in [1.82, 2.24) is 0 Å². The van der Waals surface area contributed by atoms with Crippen molar-refractivity contribution in [2.45, 2.75) is 27.7 Å². The van der Waals surface area contributed by atoms with E-state index in [1.807, 2.05) is 0 Å². The Morgan fingerprint density at radius 1 is 0.867 bits per heavy atom. The van der Waals surface area contributed by atoms with E-state index in [4.69, 9.17) is 0 Å². The first kappa shape index (κ1) is 11.9. The predicted octanol–water partition coefficient (Wildman–Crippen LogP) is 3.13. The standard InChI is InChI=1S/2C6H8P.Sc.H/c2*1-5-3-4-6(2)7-5;;/h2*3,7H,1-2H3;;/q;;+1;-1. The molecule has 0 saturated heterocycles. The summed E-state index contributed by atoms with van der Waals surface area (Å²) in [6.07, 6.45) is 0. The summed E-state index contributed by atoms with van der Waals surface area (Å²) in [6.45, 7) is 9.18. The van der Waals surface area contributed by atoms with Crippen molar-refractivity contribution < 1.29 is 24.3 Å². The third-order valence-electron chi connectivity index (χ3n) is 2.69. The SMILES string of the molecule is Cc1c[c]([Sc+][c]2cc(C)[pH]c2C)c(C)[pH]1.[H-]. The second-order valence-corrected chi connectivity index (χ2v) is 10.2. The van der Waals surface area contributed by atoms with Crippen LogP contribution in [0.2, 0.25) is 0 Å². The third-order valence-corrected chi connectivity index (χ3v) is 8.84. The summed E-state index contributed by atoms with van der Waals surface area (Å²) in [5.41, 5.74) is 0. The molecule has 0 spiro atoms. The topological polar surface area (TPSA) is 0 Å². The van der Waals surface area contributed by atoms with Crippen molar-refractivity contribution in [3.05, 3.63) is 33.3 Å². The molecule has 0 aliphatic rings. The Morgan fingerprint density at radius 3 is 1.53 bits per heavy atom. The molecule has 0 aliphatic carbocycles. The molecule has 2 heterocycles. The maximum Gasteiger partial charge on any atom is -1.00 e. The van der Waals surface area contributed by atoms with Crippen LogP contribution in [-0.4, -0.2) is 0 Å². The van der Waals surface area contributed by atoms with Gasteiger partial charge in [-0.1, -0.05) is 0 Å². The van der Waals surface area contributed by atoms with E-state index in [1.54, 1.807) is 27.8 Å². The third kappa shape index (κ3) is 2.76. The summed E-state index contributed by atoms with van der Waals surface area (Å²) in [6, 6.07) is 4.91. The predicted molar refractivity (Wildman–Crippen MR) is 71.2 cm³/mol. The van der Waals surface area contributed by atoms with Crippen LogP contribution in [0.3, 0.4) is 0 Å². The molecule has 2 aromatic heterocycles. The van der Waals surface area contributed by atoms with E-state index in [9.17, 15) is 0 Å². The van der Waals surface area contributed by atoms with Crippen LogP contribution in [0.25, 0.3) is 0 Å². The normalized spacial score (nSPS) is 11.5. The molecule has 0 saturated carbocycles. The van der Waals surface area contributed by atoms with Gasteiger partial charge < -0.3 is 1.43 Å². The Balaban J connectivity index is 0.00000128. The van der Waals surface area contributed by atoms with Crippen LogP contribution in [0.4, 0.5) is 0 Å². The number of hydrogen-bond donors (Lipinski definition) is 0. The monoisotopic (exact) mass is 268 g/mol. The van der Waals surface area contributed by atoms with Crippen molar-refractivity contribution in [3.63, 3.8) is 0 Å². The molecule has 0 bridgehead atoms. The van der Waals surface area contributed by atoms with E-state index in [-0.39, 0.29) is 24.3 Å². The molecule has 0 N–H and O–H groups in total. The van der Waals surface area contributed by atoms with E-state index < -0.39 is 0 Å². The van der Waals surface area contributed by atoms with Gasteiger partial charge in [0.15, 0.2) is 0 Å². The van der Waals surface area contributed by atoms with E-state index in [0.717, 1.165) is 16.4 Å². The largest absolute Gasteiger partial charge is 1.00 e. The first-order valence-electron chi connectivity index (χ1n) is 5.23. The fourth-order valence-corrected chi connectivity index (χ4v) is 8.06. The minimum atomic E-state index is -0.341. The summed E-state index contributed by atoms with van der Waals surface area (Å²) in [4.78, 5) is 0. The maximum absolute atomic E-state index is 2.46. The van der Waals surface area contributed by atoms with Gasteiger partial charge in [-0.15, -0.1) is 0 Å². The van der Waals surface area contributed by atoms with Crippen molar-refractivity contribution in [1.29, 1.82) is 0 Å². The zero-order valence-electron chi connectivity index (χ0n) is 10.7. The fourth-order valence-electron chi connectivity index (χ4n) is 1.96. The van der Waals surface area contributed by atoms with Gasteiger partial charge in [-0.3, -0.25) is 0 Å². The van der Waals surface area contributed by atoms with Gasteiger partial charge in [0.05, 0.1) is 0 Å². The molecule has 0 aromatic carbocycles. The van der Waals surface area contributed by atoms with Gasteiger partial charge in [-0.25, -0.2) is 0 Å². The van der Waals surface area contributed by atoms with Crippen LogP contribution >= 0.6 is 16.4 Å². The molecule has 0 amide bonds. The van der Waals surface area contributed by atoms with Crippen LogP contribution in [0.1, 0.15) is 22.6 Å². The molecule has 15 heavy (non-hydrogen) atoms. The van der Waals surface area contributed by atoms with Crippen molar-refractivity contribution in [2.24, 2.45) is 0 Å². The molecular weight excluding hydrogens is 251 g/mol. The molecule has 2 atom stereocenters. The summed E-state index contributed by atoms with van der Waals surface area (Å²) < 4.78 is 3.44. The molecule has 2 rings (SSSR count). The molecule has 3 heteroatoms. The fraction of sp³-hybridized carbons (Fsp3) is 0.333. The minimum absolute atomic E-state index is 0. The molecule has 2 unspecified atom stereocenters. The summed E-state index contributed by atoms with van der Waals surface area (Å²) in [5, 5.41) is 6.49. The minimum Gasteiger partial charge on any atom is -1.00 e. The zero-order valence-corrected chi connectivity index (χ0v) is 13.5. The Hall–Kier alpha value is 0.430. The van der Waals surface area contributed by atoms with Gasteiger partial charge >= 0.3 is 107 Å². The second-order valence-electron chi connectivity index (χ2n) is 4.21. The first-order valence-corrected chi connectivity index (χ1v) is 9.04. The average Bonchev–Trinajstić information content (AvgIpc) is 2.58. The van der Waals surface area contributed by atoms with Crippen molar-refractivity contribution in [3.8, 4) is 0 Å². The van der Waals surface area contributed by atoms with Crippen molar-refractivity contribution in [2.75, 3.05) is 0 Å². The Kier molecular flexibility index (Phi) is 3.76. The Bertz CT molecular complexity index is 441. The smallest absolute Gasteiger partial charge is 1.00 e. The molecule has 2 aromatic rings. The summed E-state index contributed by atoms with van der Waals surface area (Å²) in [7, 11) is 1.97. The van der Waals surface area contributed by atoms with Crippen LogP contribution in [0.15, 0.2) is 12.1 Å². The average molecular weight is 268 g/mol. The molecule has 0 fully saturated rings. The van der Waals surface area contributed by atoms with Crippen molar-refractivity contribution >= 4 is 23.0 Å². The van der Waals surface area contributed by atoms with Gasteiger partial charge in [0.25, 0.3) is 0 Å². The van der Waals surface area contributed by atoms with Gasteiger partial charge in [0.1, 0.15) is 0 Å². The molecule has 78 valence electrons. The van der Waals surface area contributed by atoms with Crippen LogP contribution in [-0.2, 0) is 22.9 Å². The van der Waals surface area contributed by atoms with Gasteiger partial charge in [-0.05, 0) is 0 Å². The Labute approximate surface area is 108 Å². The van der Waals surface area contributed by atoms with Gasteiger partial charge in [0.2, 0.25) is 0 Å². The molecular formula is C12H17P2Sc.